The van der Waals surface area contributed by atoms with Crippen molar-refractivity contribution in [2.75, 3.05) is 13.7 Å². The molecule has 27 heavy (non-hydrogen) atoms. The third kappa shape index (κ3) is 4.83. The highest BCUT2D eigenvalue weighted by Gasteiger charge is 2.27. The molecular formula is C21H23NO4S. The standard InChI is InChI=1S/C21H23NO4S/c1-3-18(14-4-8-16(25-2)9-5-14)22-20(23)15-6-10-17(11-7-15)27-19-12-13-26-21(19)24/h4-11,18-19H,3,12-13H2,1-2H3,(H,22,23)/t18-,19+/m1/s1. The molecule has 0 spiro atoms. The Kier molecular flexibility index (Phi) is 6.40. The Bertz CT molecular complexity index is 789. The summed E-state index contributed by atoms with van der Waals surface area (Å²) in [6.07, 6.45) is 1.52. The first-order valence-corrected chi connectivity index (χ1v) is 9.87. The molecule has 0 aromatic heterocycles. The molecule has 6 heteroatoms. The maximum atomic E-state index is 12.6. The van der Waals surface area contributed by atoms with E-state index in [1.165, 1.54) is 11.8 Å². The third-order valence-electron chi connectivity index (χ3n) is 4.51. The van der Waals surface area contributed by atoms with Crippen LogP contribution >= 0.6 is 11.8 Å². The van der Waals surface area contributed by atoms with Crippen LogP contribution in [-0.4, -0.2) is 30.8 Å². The number of thioether (sulfide) groups is 1. The van der Waals surface area contributed by atoms with Gasteiger partial charge in [0.25, 0.3) is 5.91 Å². The van der Waals surface area contributed by atoms with Gasteiger partial charge in [-0.05, 0) is 48.4 Å². The summed E-state index contributed by atoms with van der Waals surface area (Å²) in [5.74, 6) is 0.515. The molecule has 1 aliphatic rings. The monoisotopic (exact) mass is 385 g/mol. The molecule has 1 amide bonds. The molecule has 142 valence electrons. The van der Waals surface area contributed by atoms with Gasteiger partial charge in [0.15, 0.2) is 0 Å². The highest BCUT2D eigenvalue weighted by atomic mass is 32.2. The van der Waals surface area contributed by atoms with Crippen LogP contribution in [-0.2, 0) is 9.53 Å². The highest BCUT2D eigenvalue weighted by molar-refractivity contribution is 8.00. The third-order valence-corrected chi connectivity index (χ3v) is 5.77. The Hall–Kier alpha value is -2.47. The van der Waals surface area contributed by atoms with Crippen LogP contribution in [0.2, 0.25) is 0 Å². The zero-order chi connectivity index (χ0) is 19.2. The fraction of sp³-hybridized carbons (Fsp3) is 0.333. The number of benzene rings is 2. The van der Waals surface area contributed by atoms with Crippen molar-refractivity contribution in [3.05, 3.63) is 59.7 Å². The van der Waals surface area contributed by atoms with Crippen molar-refractivity contribution in [1.29, 1.82) is 0 Å². The van der Waals surface area contributed by atoms with E-state index in [4.69, 9.17) is 9.47 Å². The number of carbonyl (C=O) groups excluding carboxylic acids is 2. The summed E-state index contributed by atoms with van der Waals surface area (Å²) in [5, 5.41) is 2.93. The molecule has 1 heterocycles. The average molecular weight is 385 g/mol. The minimum Gasteiger partial charge on any atom is -0.497 e. The molecule has 5 nitrogen and oxygen atoms in total. The van der Waals surface area contributed by atoms with Crippen LogP contribution in [0.4, 0.5) is 0 Å². The second kappa shape index (κ2) is 8.95. The SMILES string of the molecule is CC[C@@H](NC(=O)c1ccc(S[C@H]2CCOC2=O)cc1)c1ccc(OC)cc1. The van der Waals surface area contributed by atoms with Crippen LogP contribution in [0, 0.1) is 0 Å². The van der Waals surface area contributed by atoms with Gasteiger partial charge in [0.1, 0.15) is 11.0 Å². The van der Waals surface area contributed by atoms with Gasteiger partial charge in [-0.1, -0.05) is 19.1 Å². The van der Waals surface area contributed by atoms with Crippen LogP contribution in [0.3, 0.4) is 0 Å². The minimum atomic E-state index is -0.160. The Morgan fingerprint density at radius 3 is 2.48 bits per heavy atom. The number of esters is 1. The number of methoxy groups -OCH3 is 1. The van der Waals surface area contributed by atoms with E-state index in [0.29, 0.717) is 12.2 Å². The zero-order valence-corrected chi connectivity index (χ0v) is 16.3. The van der Waals surface area contributed by atoms with E-state index >= 15 is 0 Å². The summed E-state index contributed by atoms with van der Waals surface area (Å²) < 4.78 is 10.2. The molecule has 2 atom stereocenters. The van der Waals surface area contributed by atoms with Gasteiger partial charge in [-0.15, -0.1) is 11.8 Å². The van der Waals surface area contributed by atoms with Crippen LogP contribution in [0.15, 0.2) is 53.4 Å². The van der Waals surface area contributed by atoms with E-state index in [1.807, 2.05) is 43.3 Å². The maximum absolute atomic E-state index is 12.6. The minimum absolute atomic E-state index is 0.0642. The van der Waals surface area contributed by atoms with Crippen LogP contribution in [0.5, 0.6) is 5.75 Å². The Balaban J connectivity index is 1.62. The van der Waals surface area contributed by atoms with Gasteiger partial charge >= 0.3 is 5.97 Å². The number of carbonyl (C=O) groups is 2. The van der Waals surface area contributed by atoms with E-state index in [2.05, 4.69) is 5.32 Å². The second-order valence-corrected chi connectivity index (χ2v) is 7.57. The number of amides is 1. The van der Waals surface area contributed by atoms with Crippen molar-refractivity contribution >= 4 is 23.6 Å². The maximum Gasteiger partial charge on any atom is 0.319 e. The number of hydrogen-bond donors (Lipinski definition) is 1. The quantitative estimate of drug-likeness (QED) is 0.730. The second-order valence-electron chi connectivity index (χ2n) is 6.29. The van der Waals surface area contributed by atoms with Gasteiger partial charge in [-0.25, -0.2) is 0 Å². The first-order chi connectivity index (χ1) is 13.1. The lowest BCUT2D eigenvalue weighted by atomic mass is 10.0. The van der Waals surface area contributed by atoms with E-state index < -0.39 is 0 Å². The van der Waals surface area contributed by atoms with Crippen molar-refractivity contribution in [2.45, 2.75) is 36.0 Å². The molecule has 3 rings (SSSR count). The number of hydrogen-bond acceptors (Lipinski definition) is 5. The summed E-state index contributed by atoms with van der Waals surface area (Å²) >= 11 is 1.48. The topological polar surface area (TPSA) is 64.6 Å². The van der Waals surface area contributed by atoms with Gasteiger partial charge in [0.05, 0.1) is 19.8 Å². The average Bonchev–Trinajstić information content (AvgIpc) is 3.11. The lowest BCUT2D eigenvalue weighted by Crippen LogP contribution is -2.28. The van der Waals surface area contributed by atoms with Crippen molar-refractivity contribution in [2.24, 2.45) is 0 Å². The number of nitrogens with one attached hydrogen (secondary N) is 1. The van der Waals surface area contributed by atoms with E-state index in [-0.39, 0.29) is 23.2 Å². The van der Waals surface area contributed by atoms with Crippen LogP contribution in [0.1, 0.15) is 41.7 Å². The summed E-state index contributed by atoms with van der Waals surface area (Å²) in [4.78, 5) is 25.1. The van der Waals surface area contributed by atoms with Crippen molar-refractivity contribution in [1.82, 2.24) is 5.32 Å². The predicted octanol–water partition coefficient (Wildman–Crippen LogP) is 3.98. The highest BCUT2D eigenvalue weighted by Crippen LogP contribution is 2.29. The Labute approximate surface area is 163 Å². The van der Waals surface area contributed by atoms with Crippen molar-refractivity contribution in [3.8, 4) is 5.75 Å². The number of rotatable bonds is 7. The Morgan fingerprint density at radius 1 is 1.22 bits per heavy atom. The summed E-state index contributed by atoms with van der Waals surface area (Å²) in [6, 6.07) is 15.0. The molecule has 0 aliphatic carbocycles. The molecular weight excluding hydrogens is 362 g/mol. The molecule has 0 unspecified atom stereocenters. The first-order valence-electron chi connectivity index (χ1n) is 8.99. The fourth-order valence-electron chi connectivity index (χ4n) is 2.93. The van der Waals surface area contributed by atoms with E-state index in [9.17, 15) is 9.59 Å². The number of cyclic esters (lactones) is 1. The van der Waals surface area contributed by atoms with Crippen molar-refractivity contribution in [3.63, 3.8) is 0 Å². The molecule has 0 radical (unpaired) electrons. The van der Waals surface area contributed by atoms with Crippen molar-refractivity contribution < 1.29 is 19.1 Å². The van der Waals surface area contributed by atoms with E-state index in [1.54, 1.807) is 19.2 Å². The first kappa shape index (κ1) is 19.3. The van der Waals surface area contributed by atoms with Gasteiger partial charge < -0.3 is 14.8 Å². The molecule has 1 fully saturated rings. The van der Waals surface area contributed by atoms with Crippen LogP contribution in [0.25, 0.3) is 0 Å². The predicted molar refractivity (Wildman–Crippen MR) is 105 cm³/mol. The molecule has 0 saturated carbocycles. The molecule has 1 aliphatic heterocycles. The Morgan fingerprint density at radius 2 is 1.93 bits per heavy atom. The molecule has 0 bridgehead atoms. The molecule has 1 saturated heterocycles. The normalized spacial score (nSPS) is 17.3. The largest absolute Gasteiger partial charge is 0.497 e. The van der Waals surface area contributed by atoms with Gasteiger partial charge in [-0.3, -0.25) is 9.59 Å². The molecule has 2 aromatic rings. The van der Waals surface area contributed by atoms with E-state index in [0.717, 1.165) is 29.1 Å². The lowest BCUT2D eigenvalue weighted by molar-refractivity contribution is -0.137. The smallest absolute Gasteiger partial charge is 0.319 e. The number of ether oxygens (including phenoxy) is 2. The van der Waals surface area contributed by atoms with Gasteiger partial charge in [-0.2, -0.15) is 0 Å². The zero-order valence-electron chi connectivity index (χ0n) is 15.4. The summed E-state index contributed by atoms with van der Waals surface area (Å²) in [6.45, 7) is 2.52. The van der Waals surface area contributed by atoms with Crippen LogP contribution < -0.4 is 10.1 Å². The van der Waals surface area contributed by atoms with Gasteiger partial charge in [0, 0.05) is 16.9 Å². The lowest BCUT2D eigenvalue weighted by Gasteiger charge is -2.18. The fourth-order valence-corrected chi connectivity index (χ4v) is 3.93. The molecule has 1 N–H and O–H groups in total. The molecule has 2 aromatic carbocycles. The van der Waals surface area contributed by atoms with Gasteiger partial charge in [0.2, 0.25) is 0 Å². The summed E-state index contributed by atoms with van der Waals surface area (Å²) in [7, 11) is 1.63. The summed E-state index contributed by atoms with van der Waals surface area (Å²) in [5.41, 5.74) is 1.64.